The van der Waals surface area contributed by atoms with Gasteiger partial charge in [-0.3, -0.25) is 18.7 Å². The van der Waals surface area contributed by atoms with Crippen molar-refractivity contribution in [1.29, 1.82) is 0 Å². The average Bonchev–Trinajstić information content (AvgIpc) is 2.67. The van der Waals surface area contributed by atoms with Gasteiger partial charge in [-0.15, -0.1) is 0 Å². The van der Waals surface area contributed by atoms with E-state index >= 15 is 0 Å². The minimum absolute atomic E-state index is 0.247. The number of unbranched alkanes of at least 4 members (excludes halogenated alkanes) is 1. The molecule has 0 aliphatic heterocycles. The molecule has 1 aromatic heterocycles. The first-order chi connectivity index (χ1) is 13.4. The minimum atomic E-state index is -0.511. The van der Waals surface area contributed by atoms with Crippen LogP contribution in [0.1, 0.15) is 25.3 Å². The second-order valence-electron chi connectivity index (χ2n) is 6.70. The van der Waals surface area contributed by atoms with Crippen LogP contribution in [-0.4, -0.2) is 15.0 Å². The number of rotatable bonds is 6. The number of aryl methyl sites for hydroxylation is 1. The third-order valence-electron chi connectivity index (χ3n) is 4.63. The molecule has 0 radical (unpaired) electrons. The van der Waals surface area contributed by atoms with Crippen LogP contribution in [0.3, 0.4) is 0 Å². The van der Waals surface area contributed by atoms with Gasteiger partial charge >= 0.3 is 5.69 Å². The standard InChI is InChI=1S/C21H22FN3O3/c1-3-4-11-24-20(27)16-7-5-6-8-18(16)25(21(24)28)13-19(26)23-17-10-9-15(22)12-14(17)2/h5-10,12H,3-4,11,13H2,1-2H3,(H,23,26). The van der Waals surface area contributed by atoms with Crippen LogP contribution in [-0.2, 0) is 17.9 Å². The Morgan fingerprint density at radius 1 is 1.11 bits per heavy atom. The van der Waals surface area contributed by atoms with E-state index in [9.17, 15) is 18.8 Å². The Morgan fingerprint density at radius 3 is 2.57 bits per heavy atom. The molecule has 3 aromatic rings. The van der Waals surface area contributed by atoms with Crippen LogP contribution in [0.25, 0.3) is 10.9 Å². The van der Waals surface area contributed by atoms with E-state index in [-0.39, 0.29) is 17.9 Å². The number of para-hydroxylation sites is 1. The molecule has 0 fully saturated rings. The number of amides is 1. The van der Waals surface area contributed by atoms with E-state index in [2.05, 4.69) is 5.32 Å². The third-order valence-corrected chi connectivity index (χ3v) is 4.63. The van der Waals surface area contributed by atoms with Gasteiger partial charge in [0.25, 0.3) is 5.56 Å². The van der Waals surface area contributed by atoms with Crippen molar-refractivity contribution in [3.05, 3.63) is 74.7 Å². The molecule has 0 bridgehead atoms. The number of halogens is 1. The van der Waals surface area contributed by atoms with E-state index in [1.807, 2.05) is 6.92 Å². The number of nitrogens with one attached hydrogen (secondary N) is 1. The fourth-order valence-electron chi connectivity index (χ4n) is 3.14. The van der Waals surface area contributed by atoms with E-state index in [1.165, 1.54) is 27.3 Å². The van der Waals surface area contributed by atoms with Crippen molar-refractivity contribution in [2.45, 2.75) is 39.8 Å². The Balaban J connectivity index is 2.01. The number of hydrogen-bond acceptors (Lipinski definition) is 3. The van der Waals surface area contributed by atoms with E-state index in [1.54, 1.807) is 31.2 Å². The molecule has 1 amide bonds. The van der Waals surface area contributed by atoms with Gasteiger partial charge in [0.1, 0.15) is 12.4 Å². The summed E-state index contributed by atoms with van der Waals surface area (Å²) in [7, 11) is 0. The zero-order chi connectivity index (χ0) is 20.3. The molecule has 6 nitrogen and oxygen atoms in total. The molecular formula is C21H22FN3O3. The van der Waals surface area contributed by atoms with Crippen molar-refractivity contribution < 1.29 is 9.18 Å². The fraction of sp³-hybridized carbons (Fsp3) is 0.286. The maximum absolute atomic E-state index is 13.3. The van der Waals surface area contributed by atoms with Gasteiger partial charge in [-0.05, 0) is 49.2 Å². The first-order valence-electron chi connectivity index (χ1n) is 9.20. The van der Waals surface area contributed by atoms with Crippen LogP contribution in [0.4, 0.5) is 10.1 Å². The summed E-state index contributed by atoms with van der Waals surface area (Å²) in [5.74, 6) is -0.816. The number of fused-ring (bicyclic) bond motifs is 1. The summed E-state index contributed by atoms with van der Waals surface area (Å²) in [4.78, 5) is 38.2. The number of aromatic nitrogens is 2. The largest absolute Gasteiger partial charge is 0.331 e. The molecule has 0 aliphatic rings. The molecule has 0 atom stereocenters. The second kappa shape index (κ2) is 8.21. The lowest BCUT2D eigenvalue weighted by Gasteiger charge is -2.14. The van der Waals surface area contributed by atoms with Crippen molar-refractivity contribution in [1.82, 2.24) is 9.13 Å². The van der Waals surface area contributed by atoms with Crippen LogP contribution in [0, 0.1) is 12.7 Å². The van der Waals surface area contributed by atoms with Crippen molar-refractivity contribution >= 4 is 22.5 Å². The number of hydrogen-bond donors (Lipinski definition) is 1. The van der Waals surface area contributed by atoms with Gasteiger partial charge in [0.2, 0.25) is 5.91 Å². The van der Waals surface area contributed by atoms with Crippen LogP contribution in [0.2, 0.25) is 0 Å². The highest BCUT2D eigenvalue weighted by Gasteiger charge is 2.15. The summed E-state index contributed by atoms with van der Waals surface area (Å²) in [6.45, 7) is 3.72. The van der Waals surface area contributed by atoms with Crippen LogP contribution >= 0.6 is 0 Å². The summed E-state index contributed by atoms with van der Waals surface area (Å²) in [6, 6.07) is 10.8. The maximum atomic E-state index is 13.3. The lowest BCUT2D eigenvalue weighted by atomic mass is 10.2. The molecule has 146 valence electrons. The average molecular weight is 383 g/mol. The van der Waals surface area contributed by atoms with Crippen molar-refractivity contribution in [2.75, 3.05) is 5.32 Å². The third kappa shape index (κ3) is 3.88. The molecule has 1 heterocycles. The Hall–Kier alpha value is -3.22. The van der Waals surface area contributed by atoms with E-state index in [4.69, 9.17) is 0 Å². The van der Waals surface area contributed by atoms with Crippen molar-refractivity contribution in [3.8, 4) is 0 Å². The predicted octanol–water partition coefficient (Wildman–Crippen LogP) is 3.05. The highest BCUT2D eigenvalue weighted by atomic mass is 19.1. The summed E-state index contributed by atoms with van der Waals surface area (Å²) in [5.41, 5.74) is 0.612. The SMILES string of the molecule is CCCCn1c(=O)c2ccccc2n(CC(=O)Nc2ccc(F)cc2C)c1=O. The lowest BCUT2D eigenvalue weighted by molar-refractivity contribution is -0.116. The Kier molecular flexibility index (Phi) is 5.73. The van der Waals surface area contributed by atoms with Crippen molar-refractivity contribution in [2.24, 2.45) is 0 Å². The highest BCUT2D eigenvalue weighted by molar-refractivity contribution is 5.92. The molecule has 0 saturated heterocycles. The van der Waals surface area contributed by atoms with Gasteiger partial charge in [-0.1, -0.05) is 25.5 Å². The van der Waals surface area contributed by atoms with Gasteiger partial charge in [-0.2, -0.15) is 0 Å². The number of carbonyl (C=O) groups is 1. The number of benzene rings is 2. The molecular weight excluding hydrogens is 361 g/mol. The molecule has 0 spiro atoms. The zero-order valence-electron chi connectivity index (χ0n) is 15.9. The Bertz CT molecular complexity index is 1150. The van der Waals surface area contributed by atoms with E-state index in [0.29, 0.717) is 35.1 Å². The van der Waals surface area contributed by atoms with E-state index in [0.717, 1.165) is 6.42 Å². The van der Waals surface area contributed by atoms with Crippen LogP contribution < -0.4 is 16.6 Å². The van der Waals surface area contributed by atoms with Gasteiger partial charge in [0.15, 0.2) is 0 Å². The topological polar surface area (TPSA) is 73.1 Å². The summed E-state index contributed by atoms with van der Waals surface area (Å²) >= 11 is 0. The second-order valence-corrected chi connectivity index (χ2v) is 6.70. The molecule has 3 rings (SSSR count). The zero-order valence-corrected chi connectivity index (χ0v) is 15.9. The maximum Gasteiger partial charge on any atom is 0.331 e. The molecule has 0 unspecified atom stereocenters. The highest BCUT2D eigenvalue weighted by Crippen LogP contribution is 2.16. The predicted molar refractivity (Wildman–Crippen MR) is 107 cm³/mol. The molecule has 28 heavy (non-hydrogen) atoms. The minimum Gasteiger partial charge on any atom is -0.324 e. The smallest absolute Gasteiger partial charge is 0.324 e. The fourth-order valence-corrected chi connectivity index (χ4v) is 3.14. The summed E-state index contributed by atoms with van der Waals surface area (Å²) < 4.78 is 15.7. The van der Waals surface area contributed by atoms with Gasteiger partial charge in [0, 0.05) is 12.2 Å². The number of anilines is 1. The van der Waals surface area contributed by atoms with Gasteiger partial charge < -0.3 is 5.32 Å². The Labute approximate surface area is 161 Å². The van der Waals surface area contributed by atoms with Crippen LogP contribution in [0.5, 0.6) is 0 Å². The number of nitrogens with zero attached hydrogens (tertiary/aromatic N) is 2. The first-order valence-corrected chi connectivity index (χ1v) is 9.20. The van der Waals surface area contributed by atoms with Gasteiger partial charge in [-0.25, -0.2) is 9.18 Å². The van der Waals surface area contributed by atoms with Crippen molar-refractivity contribution in [3.63, 3.8) is 0 Å². The first kappa shape index (κ1) is 19.5. The van der Waals surface area contributed by atoms with Crippen LogP contribution in [0.15, 0.2) is 52.1 Å². The molecule has 1 N–H and O–H groups in total. The number of carbonyl (C=O) groups excluding carboxylic acids is 1. The van der Waals surface area contributed by atoms with Gasteiger partial charge in [0.05, 0.1) is 10.9 Å². The molecule has 0 aliphatic carbocycles. The summed E-state index contributed by atoms with van der Waals surface area (Å²) in [6.07, 6.45) is 1.53. The normalized spacial score (nSPS) is 11.0. The monoisotopic (exact) mass is 383 g/mol. The molecule has 2 aromatic carbocycles. The molecule has 7 heteroatoms. The summed E-state index contributed by atoms with van der Waals surface area (Å²) in [5, 5.41) is 3.09. The lowest BCUT2D eigenvalue weighted by Crippen LogP contribution is -2.41. The quantitative estimate of drug-likeness (QED) is 0.711. The Morgan fingerprint density at radius 2 is 1.86 bits per heavy atom. The molecule has 0 saturated carbocycles. The van der Waals surface area contributed by atoms with E-state index < -0.39 is 11.6 Å².